The lowest BCUT2D eigenvalue weighted by atomic mass is 9.94. The largest absolute Gasteiger partial charge is 0.491 e. The second-order valence-electron chi connectivity index (χ2n) is 19.9. The highest BCUT2D eigenvalue weighted by Gasteiger charge is 2.27. The quantitative estimate of drug-likeness (QED) is 0.0915. The zero-order chi connectivity index (χ0) is 52.2. The molecule has 0 radical (unpaired) electrons. The van der Waals surface area contributed by atoms with E-state index in [0.29, 0.717) is 91.7 Å². The highest BCUT2D eigenvalue weighted by molar-refractivity contribution is 5.83. The Morgan fingerprint density at radius 3 is 1.56 bits per heavy atom. The Morgan fingerprint density at radius 2 is 1.11 bits per heavy atom. The summed E-state index contributed by atoms with van der Waals surface area (Å²) in [5.41, 5.74) is 11.0. The number of nitrogens with two attached hydrogens (primary N) is 1. The average molecular weight is 1040 g/mol. The van der Waals surface area contributed by atoms with Gasteiger partial charge in [-0.2, -0.15) is 0 Å². The molecule has 20 nitrogen and oxygen atoms in total. The van der Waals surface area contributed by atoms with Crippen LogP contribution in [-0.4, -0.2) is 159 Å². The predicted molar refractivity (Wildman–Crippen MR) is 280 cm³/mol. The number of carboxylic acid groups (broad SMARTS) is 1. The summed E-state index contributed by atoms with van der Waals surface area (Å²) in [6.45, 7) is 6.73. The molecular formula is C55H77N9O11. The van der Waals surface area contributed by atoms with Crippen LogP contribution in [0.25, 0.3) is 23.0 Å². The number of fused-ring (bicyclic) bond motifs is 2. The standard InChI is InChI=1S/C28H38N4O5.C22H28N4O5.C5H11NO/c1-32(19-21(33)17-20-9-13-34-14-10-20)28-23-5-4-6-24(23)30-27(31-28)25-18-22(8-11-29-25)35-15-16-37-26-7-2-3-12-36-26;1-26(14-19(27)28)22-16-5-4-6-17(16)24-21(25-22)18-13-15(8-9-23-18)29-11-12-31-20-7-2-3-10-30-20;6-5-1-3-7-4-2-5/h8,11,18,20,26H,2-7,9-10,12-17,19H2,1H3;8-9,13,20H,2-7,10-12,14H2,1H3,(H,27,28);5H,1-4,6H2. The molecule has 4 aromatic heterocycles. The van der Waals surface area contributed by atoms with Crippen LogP contribution in [0.2, 0.25) is 0 Å². The van der Waals surface area contributed by atoms with E-state index in [2.05, 4.69) is 15.0 Å². The van der Waals surface area contributed by atoms with E-state index < -0.39 is 5.97 Å². The topological polar surface area (TPSA) is 238 Å². The number of carbonyl (C=O) groups excluding carboxylic acids is 1. The maximum absolute atomic E-state index is 12.8. The van der Waals surface area contributed by atoms with Gasteiger partial charge in [-0.3, -0.25) is 19.6 Å². The van der Waals surface area contributed by atoms with Crippen molar-refractivity contribution in [3.63, 3.8) is 0 Å². The first-order chi connectivity index (χ1) is 36.6. The number of aryl methyl sites for hydroxylation is 2. The van der Waals surface area contributed by atoms with E-state index >= 15 is 0 Å². The zero-order valence-electron chi connectivity index (χ0n) is 44.0. The number of carboxylic acids is 1. The molecule has 8 heterocycles. The first-order valence-electron chi connectivity index (χ1n) is 27.2. The summed E-state index contributed by atoms with van der Waals surface area (Å²) in [5, 5.41) is 9.17. The van der Waals surface area contributed by atoms with Crippen LogP contribution in [0, 0.1) is 5.92 Å². The fraction of sp³-hybridized carbons (Fsp3) is 0.636. The number of pyridine rings is 2. The van der Waals surface area contributed by atoms with Gasteiger partial charge >= 0.3 is 5.97 Å². The molecule has 3 N–H and O–H groups in total. The third kappa shape index (κ3) is 17.3. The number of Topliss-reactive ketones (excluding diaryl/α,β-unsaturated/α-hetero) is 1. The van der Waals surface area contributed by atoms with Crippen molar-refractivity contribution in [3.8, 4) is 34.5 Å². The van der Waals surface area contributed by atoms with Crippen molar-refractivity contribution in [2.75, 3.05) is 103 Å². The third-order valence-electron chi connectivity index (χ3n) is 14.0. The number of aromatic nitrogens is 6. The van der Waals surface area contributed by atoms with Crippen LogP contribution in [0.3, 0.4) is 0 Å². The summed E-state index contributed by atoms with van der Waals surface area (Å²) in [4.78, 5) is 55.7. The Hall–Kier alpha value is -5.48. The molecule has 75 heavy (non-hydrogen) atoms. The van der Waals surface area contributed by atoms with E-state index in [-0.39, 0.29) is 24.9 Å². The average Bonchev–Trinajstić information content (AvgIpc) is 4.13. The van der Waals surface area contributed by atoms with Gasteiger partial charge in [0.25, 0.3) is 0 Å². The summed E-state index contributed by atoms with van der Waals surface area (Å²) in [6.07, 6.45) is 19.7. The van der Waals surface area contributed by atoms with Crippen molar-refractivity contribution >= 4 is 23.4 Å². The minimum absolute atomic E-state index is 0.121. The van der Waals surface area contributed by atoms with Crippen molar-refractivity contribution < 1.29 is 52.6 Å². The number of nitrogens with zero attached hydrogens (tertiary/aromatic N) is 8. The summed E-state index contributed by atoms with van der Waals surface area (Å²) >= 11 is 0. The van der Waals surface area contributed by atoms with E-state index in [1.165, 1.54) is 0 Å². The zero-order valence-corrected chi connectivity index (χ0v) is 44.0. The summed E-state index contributed by atoms with van der Waals surface area (Å²) in [6, 6.07) is 7.69. The lowest BCUT2D eigenvalue weighted by Crippen LogP contribution is -2.30. The van der Waals surface area contributed by atoms with Gasteiger partial charge in [0, 0.05) is 113 Å². The van der Waals surface area contributed by atoms with E-state index in [1.54, 1.807) is 36.5 Å². The molecule has 0 bridgehead atoms. The van der Waals surface area contributed by atoms with Crippen molar-refractivity contribution in [2.45, 2.75) is 128 Å². The molecule has 2 aliphatic carbocycles. The molecule has 10 rings (SSSR count). The van der Waals surface area contributed by atoms with Crippen LogP contribution in [0.1, 0.15) is 106 Å². The van der Waals surface area contributed by atoms with Crippen LogP contribution in [0.5, 0.6) is 11.5 Å². The van der Waals surface area contributed by atoms with E-state index in [4.69, 9.17) is 58.6 Å². The second kappa shape index (κ2) is 29.1. The lowest BCUT2D eigenvalue weighted by molar-refractivity contribution is -0.165. The van der Waals surface area contributed by atoms with E-state index in [0.717, 1.165) is 171 Å². The predicted octanol–water partition coefficient (Wildman–Crippen LogP) is 6.37. The van der Waals surface area contributed by atoms with Gasteiger partial charge < -0.3 is 58.5 Å². The molecule has 2 unspecified atom stereocenters. The van der Waals surface area contributed by atoms with Crippen molar-refractivity contribution in [1.82, 2.24) is 29.9 Å². The molecule has 4 aromatic rings. The highest BCUT2D eigenvalue weighted by Crippen LogP contribution is 2.33. The van der Waals surface area contributed by atoms with Gasteiger partial charge in [-0.15, -0.1) is 0 Å². The number of ketones is 1. The molecule has 0 spiro atoms. The van der Waals surface area contributed by atoms with Crippen molar-refractivity contribution in [3.05, 3.63) is 59.2 Å². The van der Waals surface area contributed by atoms with Crippen LogP contribution in [0.4, 0.5) is 11.6 Å². The number of hydrogen-bond donors (Lipinski definition) is 2. The highest BCUT2D eigenvalue weighted by atomic mass is 16.7. The minimum atomic E-state index is -0.899. The maximum Gasteiger partial charge on any atom is 0.323 e. The summed E-state index contributed by atoms with van der Waals surface area (Å²) in [7, 11) is 3.69. The van der Waals surface area contributed by atoms with Gasteiger partial charge in [0.15, 0.2) is 30.0 Å². The number of ether oxygens (including phenoxy) is 8. The van der Waals surface area contributed by atoms with Gasteiger partial charge in [0.1, 0.15) is 54.3 Å². The van der Waals surface area contributed by atoms with Crippen LogP contribution < -0.4 is 25.0 Å². The van der Waals surface area contributed by atoms with Gasteiger partial charge in [-0.25, -0.2) is 19.9 Å². The van der Waals surface area contributed by atoms with Crippen LogP contribution >= 0.6 is 0 Å². The molecule has 408 valence electrons. The molecule has 4 fully saturated rings. The van der Waals surface area contributed by atoms with Gasteiger partial charge in [-0.1, -0.05) is 0 Å². The monoisotopic (exact) mass is 1040 g/mol. The Kier molecular flexibility index (Phi) is 21.7. The first kappa shape index (κ1) is 55.7. The Morgan fingerprint density at radius 1 is 0.613 bits per heavy atom. The van der Waals surface area contributed by atoms with Crippen LogP contribution in [-0.2, 0) is 63.7 Å². The molecule has 0 aromatic carbocycles. The Balaban J connectivity index is 0.000000178. The second-order valence-corrected chi connectivity index (χ2v) is 19.9. The van der Waals surface area contributed by atoms with Crippen molar-refractivity contribution in [2.24, 2.45) is 11.7 Å². The van der Waals surface area contributed by atoms with Gasteiger partial charge in [0.05, 0.1) is 19.8 Å². The fourth-order valence-electron chi connectivity index (χ4n) is 9.97. The normalized spacial score (nSPS) is 19.6. The Labute approximate surface area is 440 Å². The third-order valence-corrected chi connectivity index (χ3v) is 14.0. The van der Waals surface area contributed by atoms with E-state index in [9.17, 15) is 14.7 Å². The summed E-state index contributed by atoms with van der Waals surface area (Å²) in [5.74, 6) is 3.67. The lowest BCUT2D eigenvalue weighted by Gasteiger charge is -2.24. The molecule has 2 atom stereocenters. The first-order valence-corrected chi connectivity index (χ1v) is 27.2. The number of likely N-dealkylation sites (N-methyl/N-ethyl adjacent to an activating group) is 2. The van der Waals surface area contributed by atoms with Crippen LogP contribution in [0.15, 0.2) is 36.7 Å². The minimum Gasteiger partial charge on any atom is -0.491 e. The van der Waals surface area contributed by atoms with Gasteiger partial charge in [0.2, 0.25) is 0 Å². The molecule has 20 heteroatoms. The maximum atomic E-state index is 12.8. The number of hydrogen-bond acceptors (Lipinski definition) is 19. The summed E-state index contributed by atoms with van der Waals surface area (Å²) < 4.78 is 44.8. The molecule has 4 saturated heterocycles. The smallest absolute Gasteiger partial charge is 0.323 e. The molecule has 0 saturated carbocycles. The van der Waals surface area contributed by atoms with Crippen molar-refractivity contribution in [1.29, 1.82) is 0 Å². The molecular weight excluding hydrogens is 963 g/mol. The van der Waals surface area contributed by atoms with Gasteiger partial charge in [-0.05, 0) is 121 Å². The van der Waals surface area contributed by atoms with E-state index in [1.807, 2.05) is 24.1 Å². The number of anilines is 2. The Bertz CT molecular complexity index is 2430. The molecule has 0 amide bonds. The number of carbonyl (C=O) groups is 2. The molecule has 4 aliphatic heterocycles. The fourth-order valence-corrected chi connectivity index (χ4v) is 9.97. The molecule has 6 aliphatic rings. The SMILES string of the molecule is CN(CC(=O)CC1CCOCC1)c1nc(-c2cc(OCCOC3CCCCO3)ccn2)nc2c1CCC2.CN(CC(=O)O)c1nc(-c2cc(OCCOC3CCCCO3)ccn2)nc2c1CCC2.NC1CCOCC1. The number of rotatable bonds is 20. The number of aliphatic carboxylic acids is 1.